The summed E-state index contributed by atoms with van der Waals surface area (Å²) >= 11 is 0. The summed E-state index contributed by atoms with van der Waals surface area (Å²) in [4.78, 5) is 0. The molecule has 1 aliphatic carbocycles. The number of alkyl halides is 3. The minimum absolute atomic E-state index is 0.172. The fourth-order valence-corrected chi connectivity index (χ4v) is 2.86. The van der Waals surface area contributed by atoms with Gasteiger partial charge >= 0.3 is 6.18 Å². The van der Waals surface area contributed by atoms with Gasteiger partial charge in [-0.3, -0.25) is 0 Å². The van der Waals surface area contributed by atoms with Crippen molar-refractivity contribution in [2.24, 2.45) is 5.73 Å². The van der Waals surface area contributed by atoms with Gasteiger partial charge < -0.3 is 11.1 Å². The highest BCUT2D eigenvalue weighted by Crippen LogP contribution is 2.35. The number of nitrogens with one attached hydrogen (secondary N) is 1. The van der Waals surface area contributed by atoms with Crippen molar-refractivity contribution in [2.45, 2.75) is 24.6 Å². The van der Waals surface area contributed by atoms with Gasteiger partial charge in [-0.2, -0.15) is 13.2 Å². The molecule has 7 heteroatoms. The van der Waals surface area contributed by atoms with E-state index in [1.165, 1.54) is 12.1 Å². The first kappa shape index (κ1) is 16.8. The van der Waals surface area contributed by atoms with Gasteiger partial charge in [0.1, 0.15) is 5.69 Å². The molecule has 0 radical (unpaired) electrons. The topological polar surface area (TPSA) is 63.8 Å². The molecule has 3 N–H and O–H groups in total. The van der Waals surface area contributed by atoms with Gasteiger partial charge in [-0.25, -0.2) is 0 Å². The summed E-state index contributed by atoms with van der Waals surface area (Å²) in [6.45, 7) is 0.616. The zero-order valence-electron chi connectivity index (χ0n) is 13.8. The Bertz CT molecular complexity index is 947. The van der Waals surface area contributed by atoms with E-state index in [0.717, 1.165) is 35.7 Å². The van der Waals surface area contributed by atoms with Crippen molar-refractivity contribution in [3.63, 3.8) is 0 Å². The maximum absolute atomic E-state index is 12.8. The van der Waals surface area contributed by atoms with E-state index < -0.39 is 11.7 Å². The number of nitrogens with two attached hydrogens (primary N) is 1. The SMILES string of the molecule is NC1(CNc2nnc(-c3ccc(C(F)(F)F)cc3)c3ccccc23)CC1. The number of hydrogen-bond donors (Lipinski definition) is 2. The van der Waals surface area contributed by atoms with Crippen molar-refractivity contribution in [1.82, 2.24) is 10.2 Å². The summed E-state index contributed by atoms with van der Waals surface area (Å²) in [6.07, 6.45) is -2.40. The second-order valence-corrected chi connectivity index (χ2v) is 6.73. The van der Waals surface area contributed by atoms with Crippen LogP contribution in [0.25, 0.3) is 22.0 Å². The highest BCUT2D eigenvalue weighted by atomic mass is 19.4. The van der Waals surface area contributed by atoms with Crippen LogP contribution >= 0.6 is 0 Å². The molecule has 1 heterocycles. The van der Waals surface area contributed by atoms with Crippen LogP contribution in [0.3, 0.4) is 0 Å². The van der Waals surface area contributed by atoms with E-state index in [1.807, 2.05) is 24.3 Å². The number of benzene rings is 2. The summed E-state index contributed by atoms with van der Waals surface area (Å²) in [6, 6.07) is 12.5. The third-order valence-electron chi connectivity index (χ3n) is 4.67. The van der Waals surface area contributed by atoms with Gasteiger partial charge in [0.25, 0.3) is 0 Å². The molecule has 3 aromatic rings. The average Bonchev–Trinajstić information content (AvgIpc) is 3.37. The normalized spacial score (nSPS) is 15.8. The van der Waals surface area contributed by atoms with Crippen molar-refractivity contribution in [1.29, 1.82) is 0 Å². The Morgan fingerprint density at radius 1 is 0.962 bits per heavy atom. The van der Waals surface area contributed by atoms with Gasteiger partial charge in [0.2, 0.25) is 0 Å². The maximum Gasteiger partial charge on any atom is 0.416 e. The number of anilines is 1. The lowest BCUT2D eigenvalue weighted by molar-refractivity contribution is -0.137. The Labute approximate surface area is 148 Å². The summed E-state index contributed by atoms with van der Waals surface area (Å²) in [5.41, 5.74) is 6.39. The molecule has 0 spiro atoms. The third-order valence-corrected chi connectivity index (χ3v) is 4.67. The van der Waals surface area contributed by atoms with E-state index in [2.05, 4.69) is 15.5 Å². The molecule has 0 bridgehead atoms. The molecule has 0 amide bonds. The number of hydrogen-bond acceptors (Lipinski definition) is 4. The van der Waals surface area contributed by atoms with Crippen LogP contribution in [0, 0.1) is 0 Å². The Kier molecular flexibility index (Phi) is 3.84. The van der Waals surface area contributed by atoms with Crippen molar-refractivity contribution in [3.05, 3.63) is 54.1 Å². The van der Waals surface area contributed by atoms with E-state index in [0.29, 0.717) is 23.6 Å². The summed E-state index contributed by atoms with van der Waals surface area (Å²) in [5, 5.41) is 13.4. The first-order valence-corrected chi connectivity index (χ1v) is 8.32. The average molecular weight is 358 g/mol. The zero-order chi connectivity index (χ0) is 18.4. The van der Waals surface area contributed by atoms with Crippen LogP contribution in [0.4, 0.5) is 19.0 Å². The molecule has 1 fully saturated rings. The smallest absolute Gasteiger partial charge is 0.366 e. The molecule has 4 nitrogen and oxygen atoms in total. The van der Waals surface area contributed by atoms with Crippen LogP contribution in [0.2, 0.25) is 0 Å². The molecule has 134 valence electrons. The lowest BCUT2D eigenvalue weighted by Gasteiger charge is -2.14. The molecule has 2 aromatic carbocycles. The molecule has 1 aliphatic rings. The van der Waals surface area contributed by atoms with Gasteiger partial charge in [0.05, 0.1) is 5.56 Å². The van der Waals surface area contributed by atoms with Crippen LogP contribution < -0.4 is 11.1 Å². The van der Waals surface area contributed by atoms with E-state index in [9.17, 15) is 13.2 Å². The number of halogens is 3. The molecule has 1 saturated carbocycles. The quantitative estimate of drug-likeness (QED) is 0.733. The van der Waals surface area contributed by atoms with E-state index in [4.69, 9.17) is 5.73 Å². The van der Waals surface area contributed by atoms with Crippen molar-refractivity contribution in [2.75, 3.05) is 11.9 Å². The zero-order valence-corrected chi connectivity index (χ0v) is 13.8. The number of rotatable bonds is 4. The molecule has 1 aromatic heterocycles. The monoisotopic (exact) mass is 358 g/mol. The second-order valence-electron chi connectivity index (χ2n) is 6.73. The van der Waals surface area contributed by atoms with Gasteiger partial charge in [0.15, 0.2) is 5.82 Å². The van der Waals surface area contributed by atoms with E-state index >= 15 is 0 Å². The minimum Gasteiger partial charge on any atom is -0.366 e. The Morgan fingerprint density at radius 3 is 2.23 bits per heavy atom. The lowest BCUT2D eigenvalue weighted by atomic mass is 10.0. The van der Waals surface area contributed by atoms with Gasteiger partial charge in [-0.15, -0.1) is 10.2 Å². The molecular formula is C19H17F3N4. The Balaban J connectivity index is 1.72. The molecular weight excluding hydrogens is 341 g/mol. The van der Waals surface area contributed by atoms with Gasteiger partial charge in [-0.05, 0) is 25.0 Å². The van der Waals surface area contributed by atoms with Gasteiger partial charge in [-0.1, -0.05) is 36.4 Å². The highest BCUT2D eigenvalue weighted by molar-refractivity contribution is 6.00. The molecule has 4 rings (SSSR count). The molecule has 0 atom stereocenters. The summed E-state index contributed by atoms with van der Waals surface area (Å²) < 4.78 is 38.3. The first-order chi connectivity index (χ1) is 12.4. The summed E-state index contributed by atoms with van der Waals surface area (Å²) in [5.74, 6) is 0.632. The van der Waals surface area contributed by atoms with Gasteiger partial charge in [0, 0.05) is 28.4 Å². The molecule has 26 heavy (non-hydrogen) atoms. The van der Waals surface area contributed by atoms with Crippen LogP contribution in [0.5, 0.6) is 0 Å². The second kappa shape index (κ2) is 5.95. The molecule has 0 unspecified atom stereocenters. The number of fused-ring (bicyclic) bond motifs is 1. The highest BCUT2D eigenvalue weighted by Gasteiger charge is 2.38. The van der Waals surface area contributed by atoms with Crippen molar-refractivity contribution in [3.8, 4) is 11.3 Å². The number of nitrogens with zero attached hydrogens (tertiary/aromatic N) is 2. The predicted octanol–water partition coefficient (Wildman–Crippen LogP) is 4.22. The fourth-order valence-electron chi connectivity index (χ4n) is 2.86. The third kappa shape index (κ3) is 3.22. The Hall–Kier alpha value is -2.67. The molecule has 0 saturated heterocycles. The largest absolute Gasteiger partial charge is 0.416 e. The van der Waals surface area contributed by atoms with Crippen LogP contribution in [-0.4, -0.2) is 22.3 Å². The lowest BCUT2D eigenvalue weighted by Crippen LogP contribution is -2.31. The van der Waals surface area contributed by atoms with Crippen LogP contribution in [0.15, 0.2) is 48.5 Å². The fraction of sp³-hybridized carbons (Fsp3) is 0.263. The van der Waals surface area contributed by atoms with Crippen LogP contribution in [-0.2, 0) is 6.18 Å². The maximum atomic E-state index is 12.8. The number of aromatic nitrogens is 2. The minimum atomic E-state index is -4.36. The van der Waals surface area contributed by atoms with E-state index in [-0.39, 0.29) is 5.54 Å². The predicted molar refractivity (Wildman–Crippen MR) is 94.6 cm³/mol. The van der Waals surface area contributed by atoms with Crippen molar-refractivity contribution >= 4 is 16.6 Å². The first-order valence-electron chi connectivity index (χ1n) is 8.32. The standard InChI is InChI=1S/C19H17F3N4/c20-19(21,22)13-7-5-12(6-8-13)16-14-3-1-2-4-15(14)17(26-25-16)24-11-18(23)9-10-18/h1-8H,9-11,23H2,(H,24,26). The van der Waals surface area contributed by atoms with E-state index in [1.54, 1.807) is 0 Å². The van der Waals surface area contributed by atoms with Crippen molar-refractivity contribution < 1.29 is 13.2 Å². The summed E-state index contributed by atoms with van der Waals surface area (Å²) in [7, 11) is 0. The van der Waals surface area contributed by atoms with Crippen LogP contribution in [0.1, 0.15) is 18.4 Å². The Morgan fingerprint density at radius 2 is 1.62 bits per heavy atom. The molecule has 0 aliphatic heterocycles.